The Labute approximate surface area is 208 Å². The third-order valence-electron chi connectivity index (χ3n) is 4.46. The van der Waals surface area contributed by atoms with E-state index in [2.05, 4.69) is 42.4 Å². The van der Waals surface area contributed by atoms with E-state index in [0.29, 0.717) is 49.5 Å². The second-order valence-corrected chi connectivity index (χ2v) is 8.40. The average molecular weight is 580 g/mol. The maximum atomic E-state index is 13.8. The molecule has 0 aliphatic carbocycles. The number of hydrogen-bond donors (Lipinski definition) is 1. The highest BCUT2D eigenvalue weighted by Crippen LogP contribution is 2.35. The fourth-order valence-electron chi connectivity index (χ4n) is 2.87. The summed E-state index contributed by atoms with van der Waals surface area (Å²) in [5.41, 5.74) is 4.04. The maximum Gasteiger partial charge on any atom is 0.271 e. The predicted molar refractivity (Wildman–Crippen MR) is 132 cm³/mol. The Hall–Kier alpha value is -2.91. The Morgan fingerprint density at radius 1 is 1.06 bits per heavy atom. The van der Waals surface area contributed by atoms with Crippen LogP contribution in [0.2, 0.25) is 0 Å². The van der Waals surface area contributed by atoms with E-state index in [1.54, 1.807) is 48.5 Å². The van der Waals surface area contributed by atoms with E-state index in [1.807, 2.05) is 6.92 Å². The number of benzene rings is 3. The van der Waals surface area contributed by atoms with E-state index in [-0.39, 0.29) is 12.4 Å². The summed E-state index contributed by atoms with van der Waals surface area (Å²) in [6.07, 6.45) is 1.50. The summed E-state index contributed by atoms with van der Waals surface area (Å²) in [5.74, 6) is 0.841. The van der Waals surface area contributed by atoms with Crippen LogP contribution < -0.4 is 19.6 Å². The van der Waals surface area contributed by atoms with Crippen molar-refractivity contribution in [3.05, 3.63) is 86.1 Å². The van der Waals surface area contributed by atoms with E-state index in [4.69, 9.17) is 14.2 Å². The number of carbonyl (C=O) groups excluding carboxylic acids is 1. The van der Waals surface area contributed by atoms with Crippen molar-refractivity contribution < 1.29 is 23.4 Å². The van der Waals surface area contributed by atoms with Gasteiger partial charge in [-0.15, -0.1) is 0 Å². The zero-order valence-corrected chi connectivity index (χ0v) is 21.1. The number of methoxy groups -OCH3 is 1. The Bertz CT molecular complexity index is 1150. The number of ether oxygens (including phenoxy) is 3. The molecule has 0 fully saturated rings. The molecule has 6 nitrogen and oxygen atoms in total. The van der Waals surface area contributed by atoms with E-state index in [0.717, 1.165) is 0 Å². The van der Waals surface area contributed by atoms with Crippen molar-refractivity contribution in [1.82, 2.24) is 5.43 Å². The molecular weight excluding hydrogens is 559 g/mol. The molecule has 0 unspecified atom stereocenters. The van der Waals surface area contributed by atoms with E-state index in [1.165, 1.54) is 19.4 Å². The molecule has 9 heteroatoms. The summed E-state index contributed by atoms with van der Waals surface area (Å²) in [5, 5.41) is 4.02. The first-order valence-corrected chi connectivity index (χ1v) is 11.5. The van der Waals surface area contributed by atoms with Gasteiger partial charge in [-0.1, -0.05) is 18.2 Å². The van der Waals surface area contributed by atoms with Gasteiger partial charge in [-0.25, -0.2) is 9.82 Å². The van der Waals surface area contributed by atoms with Crippen molar-refractivity contribution in [2.45, 2.75) is 13.5 Å². The van der Waals surface area contributed by atoms with E-state index in [9.17, 15) is 9.18 Å². The molecule has 3 aromatic rings. The summed E-state index contributed by atoms with van der Waals surface area (Å²) >= 11 is 6.92. The van der Waals surface area contributed by atoms with Crippen molar-refractivity contribution in [2.75, 3.05) is 13.7 Å². The molecule has 0 atom stereocenters. The monoisotopic (exact) mass is 578 g/mol. The van der Waals surface area contributed by atoms with Gasteiger partial charge in [0.2, 0.25) is 0 Å². The van der Waals surface area contributed by atoms with Gasteiger partial charge in [0.15, 0.2) is 11.5 Å². The Balaban J connectivity index is 1.66. The SMILES string of the molecule is CCOc1cc(C(=O)N/N=C/c2cc(Br)c(OCc3ccccc3F)c(Br)c2)ccc1OC. The lowest BCUT2D eigenvalue weighted by atomic mass is 10.2. The molecule has 0 heterocycles. The summed E-state index contributed by atoms with van der Waals surface area (Å²) < 4.78 is 31.6. The van der Waals surface area contributed by atoms with Gasteiger partial charge in [0.1, 0.15) is 18.2 Å². The quantitative estimate of drug-likeness (QED) is 0.246. The number of hydrogen-bond acceptors (Lipinski definition) is 5. The van der Waals surface area contributed by atoms with Crippen LogP contribution in [0, 0.1) is 5.82 Å². The molecule has 0 aliphatic rings. The van der Waals surface area contributed by atoms with Gasteiger partial charge in [-0.05, 0) is 80.7 Å². The highest BCUT2D eigenvalue weighted by molar-refractivity contribution is 9.11. The van der Waals surface area contributed by atoms with Crippen LogP contribution in [0.1, 0.15) is 28.4 Å². The minimum Gasteiger partial charge on any atom is -0.493 e. The number of nitrogens with one attached hydrogen (secondary N) is 1. The van der Waals surface area contributed by atoms with E-state index < -0.39 is 5.91 Å². The Kier molecular flexibility index (Phi) is 8.85. The second-order valence-electron chi connectivity index (χ2n) is 6.69. The number of nitrogens with zero attached hydrogens (tertiary/aromatic N) is 1. The van der Waals surface area contributed by atoms with Crippen molar-refractivity contribution in [1.29, 1.82) is 0 Å². The lowest BCUT2D eigenvalue weighted by Gasteiger charge is -2.12. The molecule has 0 radical (unpaired) electrons. The first kappa shape index (κ1) is 24.7. The van der Waals surface area contributed by atoms with Crippen LogP contribution in [0.25, 0.3) is 0 Å². The summed E-state index contributed by atoms with van der Waals surface area (Å²) in [6, 6.07) is 14.9. The molecule has 0 spiro atoms. The molecule has 1 N–H and O–H groups in total. The van der Waals surface area contributed by atoms with Gasteiger partial charge in [0.05, 0.1) is 28.9 Å². The van der Waals surface area contributed by atoms with Crippen molar-refractivity contribution in [3.63, 3.8) is 0 Å². The van der Waals surface area contributed by atoms with Crippen molar-refractivity contribution >= 4 is 44.0 Å². The van der Waals surface area contributed by atoms with Gasteiger partial charge < -0.3 is 14.2 Å². The normalized spacial score (nSPS) is 10.8. The van der Waals surface area contributed by atoms with Crippen LogP contribution in [0.15, 0.2) is 68.6 Å². The lowest BCUT2D eigenvalue weighted by Crippen LogP contribution is -2.17. The first-order valence-electron chi connectivity index (χ1n) is 9.92. The van der Waals surface area contributed by atoms with Gasteiger partial charge in [-0.3, -0.25) is 4.79 Å². The molecule has 0 saturated carbocycles. The first-order chi connectivity index (χ1) is 15.9. The Morgan fingerprint density at radius 3 is 2.45 bits per heavy atom. The smallest absolute Gasteiger partial charge is 0.271 e. The standard InChI is InChI=1S/C24H21Br2FN2O4/c1-3-32-22-12-16(8-9-21(22)31-2)24(30)29-28-13-15-10-18(25)23(19(26)11-15)33-14-17-6-4-5-7-20(17)27/h4-13H,3,14H2,1-2H3,(H,29,30)/b28-13+. The molecule has 0 bridgehead atoms. The fraction of sp³-hybridized carbons (Fsp3) is 0.167. The molecule has 0 aliphatic heterocycles. The minimum absolute atomic E-state index is 0.0823. The van der Waals surface area contributed by atoms with Gasteiger partial charge in [0, 0.05) is 11.1 Å². The summed E-state index contributed by atoms with van der Waals surface area (Å²) in [6.45, 7) is 2.38. The highest BCUT2D eigenvalue weighted by atomic mass is 79.9. The number of hydrazone groups is 1. The lowest BCUT2D eigenvalue weighted by molar-refractivity contribution is 0.0954. The average Bonchev–Trinajstić information content (AvgIpc) is 2.79. The summed E-state index contributed by atoms with van der Waals surface area (Å²) in [4.78, 5) is 12.4. The molecule has 0 aromatic heterocycles. The number of carbonyl (C=O) groups is 1. The molecule has 172 valence electrons. The zero-order chi connectivity index (χ0) is 23.8. The maximum absolute atomic E-state index is 13.8. The van der Waals surface area contributed by atoms with Gasteiger partial charge >= 0.3 is 0 Å². The largest absolute Gasteiger partial charge is 0.493 e. The van der Waals surface area contributed by atoms with Crippen LogP contribution in [0.4, 0.5) is 4.39 Å². The number of rotatable bonds is 9. The number of amides is 1. The third kappa shape index (κ3) is 6.55. The molecule has 1 amide bonds. The zero-order valence-electron chi connectivity index (χ0n) is 17.9. The topological polar surface area (TPSA) is 69.2 Å². The minimum atomic E-state index is -0.391. The number of halogens is 3. The second kappa shape index (κ2) is 11.8. The van der Waals surface area contributed by atoms with Gasteiger partial charge in [-0.2, -0.15) is 5.10 Å². The van der Waals surface area contributed by atoms with Crippen LogP contribution in [0.5, 0.6) is 17.2 Å². The van der Waals surface area contributed by atoms with Gasteiger partial charge in [0.25, 0.3) is 5.91 Å². The fourth-order valence-corrected chi connectivity index (χ4v) is 4.32. The highest BCUT2D eigenvalue weighted by Gasteiger charge is 2.12. The van der Waals surface area contributed by atoms with Crippen LogP contribution in [-0.4, -0.2) is 25.8 Å². The molecule has 3 rings (SSSR count). The van der Waals surface area contributed by atoms with Crippen LogP contribution in [-0.2, 0) is 6.61 Å². The van der Waals surface area contributed by atoms with E-state index >= 15 is 0 Å². The predicted octanol–water partition coefficient (Wildman–Crippen LogP) is 6.10. The van der Waals surface area contributed by atoms with Crippen molar-refractivity contribution in [3.8, 4) is 17.2 Å². The molecule has 3 aromatic carbocycles. The van der Waals surface area contributed by atoms with Crippen LogP contribution >= 0.6 is 31.9 Å². The third-order valence-corrected chi connectivity index (χ3v) is 5.63. The van der Waals surface area contributed by atoms with Crippen molar-refractivity contribution in [2.24, 2.45) is 5.10 Å². The Morgan fingerprint density at radius 2 is 1.79 bits per heavy atom. The van der Waals surface area contributed by atoms with Crippen LogP contribution in [0.3, 0.4) is 0 Å². The molecular formula is C24H21Br2FN2O4. The molecule has 33 heavy (non-hydrogen) atoms. The molecule has 0 saturated heterocycles. The summed E-state index contributed by atoms with van der Waals surface area (Å²) in [7, 11) is 1.54.